The quantitative estimate of drug-likeness (QED) is 0.876. The Morgan fingerprint density at radius 3 is 2.95 bits per heavy atom. The minimum absolute atomic E-state index is 0.0780. The Bertz CT molecular complexity index is 633. The molecule has 6 nitrogen and oxygen atoms in total. The fourth-order valence-electron chi connectivity index (χ4n) is 2.24. The van der Waals surface area contributed by atoms with Crippen molar-refractivity contribution in [2.45, 2.75) is 32.4 Å². The van der Waals surface area contributed by atoms with Crippen molar-refractivity contribution in [3.05, 3.63) is 39.2 Å². The van der Waals surface area contributed by atoms with E-state index in [1.165, 1.54) is 19.3 Å². The molecule has 2 N–H and O–H groups in total. The lowest BCUT2D eigenvalue weighted by Crippen LogP contribution is -2.30. The Labute approximate surface area is 124 Å². The molecule has 0 aliphatic heterocycles. The number of aromatic nitrogens is 4. The normalized spacial score (nSPS) is 15.1. The molecule has 1 fully saturated rings. The fraction of sp³-hybridized carbons (Fsp3) is 0.462. The summed E-state index contributed by atoms with van der Waals surface area (Å²) in [5.74, 6) is 0.599. The maximum Gasteiger partial charge on any atom is 0.291 e. The van der Waals surface area contributed by atoms with Gasteiger partial charge in [0.05, 0.1) is 29.2 Å². The smallest absolute Gasteiger partial charge is 0.291 e. The molecule has 0 saturated heterocycles. The maximum absolute atomic E-state index is 12.4. The van der Waals surface area contributed by atoms with Gasteiger partial charge in [0.25, 0.3) is 5.56 Å². The van der Waals surface area contributed by atoms with Crippen molar-refractivity contribution in [3.63, 3.8) is 0 Å². The summed E-state index contributed by atoms with van der Waals surface area (Å²) in [6.07, 6.45) is 8.68. The number of hydrogen-bond acceptors (Lipinski definition) is 4. The molecule has 2 aromatic rings. The second-order valence-electron chi connectivity index (χ2n) is 5.08. The van der Waals surface area contributed by atoms with E-state index < -0.39 is 0 Å². The summed E-state index contributed by atoms with van der Waals surface area (Å²) >= 11 is 3.38. The zero-order chi connectivity index (χ0) is 13.9. The molecule has 1 aliphatic rings. The second-order valence-corrected chi connectivity index (χ2v) is 5.94. The van der Waals surface area contributed by atoms with Gasteiger partial charge in [-0.3, -0.25) is 4.79 Å². The lowest BCUT2D eigenvalue weighted by molar-refractivity contribution is 0.262. The number of rotatable bonds is 5. The molecule has 1 aliphatic carbocycles. The van der Waals surface area contributed by atoms with Crippen molar-refractivity contribution in [1.29, 1.82) is 0 Å². The van der Waals surface area contributed by atoms with Crippen LogP contribution >= 0.6 is 15.9 Å². The molecule has 0 radical (unpaired) electrons. The molecule has 0 unspecified atom stereocenters. The average molecular weight is 338 g/mol. The largest absolute Gasteiger partial charge is 0.374 e. The second kappa shape index (κ2) is 5.78. The van der Waals surface area contributed by atoms with Gasteiger partial charge in [-0.1, -0.05) is 6.42 Å². The SMILES string of the molecule is O=c1c(NCc2cnc[nH]2)c(Br)cnn1CC1CCC1. The minimum atomic E-state index is -0.0780. The highest BCUT2D eigenvalue weighted by atomic mass is 79.9. The van der Waals surface area contributed by atoms with Crippen molar-refractivity contribution in [2.24, 2.45) is 5.92 Å². The molecule has 0 atom stereocenters. The number of imidazole rings is 1. The van der Waals surface area contributed by atoms with Crippen LogP contribution in [0.15, 0.2) is 28.0 Å². The predicted molar refractivity (Wildman–Crippen MR) is 79.5 cm³/mol. The Kier molecular flexibility index (Phi) is 3.86. The standard InChI is InChI=1S/C13H16BrN5O/c14-11-6-18-19(7-9-2-1-3-9)13(20)12(11)16-5-10-4-15-8-17-10/h4,6,8-9,16H,1-3,5,7H2,(H,15,17). The van der Waals surface area contributed by atoms with Crippen LogP contribution in [0.4, 0.5) is 5.69 Å². The van der Waals surface area contributed by atoms with Gasteiger partial charge >= 0.3 is 0 Å². The van der Waals surface area contributed by atoms with E-state index in [4.69, 9.17) is 0 Å². The molecule has 2 aromatic heterocycles. The number of aromatic amines is 1. The number of halogens is 1. The van der Waals surface area contributed by atoms with Gasteiger partial charge in [0.15, 0.2) is 0 Å². The number of nitrogens with one attached hydrogen (secondary N) is 2. The molecule has 3 rings (SSSR count). The molecular weight excluding hydrogens is 322 g/mol. The van der Waals surface area contributed by atoms with Gasteiger partial charge < -0.3 is 10.3 Å². The van der Waals surface area contributed by atoms with E-state index in [0.29, 0.717) is 29.2 Å². The van der Waals surface area contributed by atoms with Crippen LogP contribution in [-0.2, 0) is 13.1 Å². The number of hydrogen-bond donors (Lipinski definition) is 2. The Balaban J connectivity index is 1.77. The van der Waals surface area contributed by atoms with Crippen molar-refractivity contribution in [2.75, 3.05) is 5.32 Å². The first kappa shape index (κ1) is 13.4. The van der Waals surface area contributed by atoms with Crippen LogP contribution in [0.2, 0.25) is 0 Å². The van der Waals surface area contributed by atoms with E-state index in [9.17, 15) is 4.79 Å². The van der Waals surface area contributed by atoms with E-state index in [1.54, 1.807) is 23.4 Å². The van der Waals surface area contributed by atoms with E-state index >= 15 is 0 Å². The first-order valence-electron chi connectivity index (χ1n) is 6.71. The van der Waals surface area contributed by atoms with Crippen molar-refractivity contribution in [1.82, 2.24) is 19.7 Å². The van der Waals surface area contributed by atoms with E-state index in [1.807, 2.05) is 0 Å². The van der Waals surface area contributed by atoms with Crippen LogP contribution in [-0.4, -0.2) is 19.7 Å². The zero-order valence-electron chi connectivity index (χ0n) is 11.0. The highest BCUT2D eigenvalue weighted by molar-refractivity contribution is 9.10. The lowest BCUT2D eigenvalue weighted by Gasteiger charge is -2.25. The minimum Gasteiger partial charge on any atom is -0.374 e. The molecule has 1 saturated carbocycles. The van der Waals surface area contributed by atoms with Crippen LogP contribution in [0, 0.1) is 5.92 Å². The molecule has 7 heteroatoms. The Morgan fingerprint density at radius 1 is 1.45 bits per heavy atom. The van der Waals surface area contributed by atoms with Crippen molar-refractivity contribution < 1.29 is 0 Å². The summed E-state index contributed by atoms with van der Waals surface area (Å²) in [4.78, 5) is 19.4. The lowest BCUT2D eigenvalue weighted by atomic mass is 9.85. The third kappa shape index (κ3) is 2.77. The molecule has 0 amide bonds. The van der Waals surface area contributed by atoms with Crippen molar-refractivity contribution >= 4 is 21.6 Å². The van der Waals surface area contributed by atoms with Gasteiger partial charge in [-0.2, -0.15) is 5.10 Å². The van der Waals surface area contributed by atoms with Gasteiger partial charge in [0.2, 0.25) is 0 Å². The Hall–Kier alpha value is -1.63. The van der Waals surface area contributed by atoms with Gasteiger partial charge in [0, 0.05) is 12.7 Å². The number of anilines is 1. The summed E-state index contributed by atoms with van der Waals surface area (Å²) in [7, 11) is 0. The third-order valence-corrected chi connectivity index (χ3v) is 4.27. The summed E-state index contributed by atoms with van der Waals surface area (Å²) in [6.45, 7) is 1.24. The highest BCUT2D eigenvalue weighted by Gasteiger charge is 2.20. The highest BCUT2D eigenvalue weighted by Crippen LogP contribution is 2.27. The first-order chi connectivity index (χ1) is 9.74. The molecule has 106 valence electrons. The van der Waals surface area contributed by atoms with E-state index in [2.05, 4.69) is 36.3 Å². The van der Waals surface area contributed by atoms with Gasteiger partial charge in [-0.15, -0.1) is 0 Å². The number of nitrogens with zero attached hydrogens (tertiary/aromatic N) is 3. The predicted octanol–water partition coefficient (Wildman–Crippen LogP) is 2.14. The molecule has 0 aromatic carbocycles. The van der Waals surface area contributed by atoms with Crippen LogP contribution in [0.1, 0.15) is 25.0 Å². The van der Waals surface area contributed by atoms with Crippen LogP contribution in [0.5, 0.6) is 0 Å². The monoisotopic (exact) mass is 337 g/mol. The molecular formula is C13H16BrN5O. The Morgan fingerprint density at radius 2 is 2.30 bits per heavy atom. The molecule has 20 heavy (non-hydrogen) atoms. The summed E-state index contributed by atoms with van der Waals surface area (Å²) < 4.78 is 2.25. The maximum atomic E-state index is 12.4. The van der Waals surface area contributed by atoms with Crippen LogP contribution in [0.25, 0.3) is 0 Å². The third-order valence-electron chi connectivity index (χ3n) is 3.66. The van der Waals surface area contributed by atoms with Gasteiger partial charge in [-0.05, 0) is 34.7 Å². The fourth-order valence-corrected chi connectivity index (χ4v) is 2.64. The van der Waals surface area contributed by atoms with E-state index in [0.717, 1.165) is 5.69 Å². The van der Waals surface area contributed by atoms with Gasteiger partial charge in [0.1, 0.15) is 5.69 Å². The topological polar surface area (TPSA) is 75.6 Å². The molecule has 0 bridgehead atoms. The van der Waals surface area contributed by atoms with Crippen molar-refractivity contribution in [3.8, 4) is 0 Å². The van der Waals surface area contributed by atoms with E-state index in [-0.39, 0.29) is 5.56 Å². The van der Waals surface area contributed by atoms with Crippen LogP contribution in [0.3, 0.4) is 0 Å². The average Bonchev–Trinajstić information content (AvgIpc) is 2.89. The zero-order valence-corrected chi connectivity index (χ0v) is 12.6. The number of H-pyrrole nitrogens is 1. The first-order valence-corrected chi connectivity index (χ1v) is 7.50. The summed E-state index contributed by atoms with van der Waals surface area (Å²) in [6, 6.07) is 0. The molecule has 2 heterocycles. The summed E-state index contributed by atoms with van der Waals surface area (Å²) in [5.41, 5.74) is 1.40. The molecule has 0 spiro atoms. The van der Waals surface area contributed by atoms with Gasteiger partial charge in [-0.25, -0.2) is 9.67 Å². The van der Waals surface area contributed by atoms with Crippen LogP contribution < -0.4 is 10.9 Å². The summed E-state index contributed by atoms with van der Waals surface area (Å²) in [5, 5.41) is 7.34.